The fourth-order valence-corrected chi connectivity index (χ4v) is 6.51. The van der Waals surface area contributed by atoms with Crippen molar-refractivity contribution in [3.63, 3.8) is 0 Å². The minimum atomic E-state index is -1.44. The number of alkyl halides is 1. The van der Waals surface area contributed by atoms with Crippen molar-refractivity contribution in [2.24, 2.45) is 0 Å². The lowest BCUT2D eigenvalue weighted by Gasteiger charge is -2.15. The first kappa shape index (κ1) is 33.1. The number of allylic oxidation sites excluding steroid dienone is 2. The lowest BCUT2D eigenvalue weighted by molar-refractivity contribution is 0.121. The molecule has 0 aliphatic carbocycles. The first-order chi connectivity index (χ1) is 20.9. The summed E-state index contributed by atoms with van der Waals surface area (Å²) in [5.41, 5.74) is 6.83. The van der Waals surface area contributed by atoms with Crippen molar-refractivity contribution in [3.05, 3.63) is 124 Å². The van der Waals surface area contributed by atoms with Gasteiger partial charge in [-0.1, -0.05) is 88.3 Å². The first-order valence-electron chi connectivity index (χ1n) is 14.5. The molecular formula is C36H37ClINO3S. The molecule has 4 rings (SSSR count). The van der Waals surface area contributed by atoms with Gasteiger partial charge in [0.05, 0.1) is 12.4 Å². The number of benzene rings is 3. The zero-order chi connectivity index (χ0) is 30.6. The zero-order valence-electron chi connectivity index (χ0n) is 24.6. The van der Waals surface area contributed by atoms with Crippen molar-refractivity contribution in [2.45, 2.75) is 55.7 Å². The fourth-order valence-electron chi connectivity index (χ4n) is 4.79. The smallest absolute Gasteiger partial charge is 0.197 e. The van der Waals surface area contributed by atoms with Crippen LogP contribution in [-0.2, 0) is 17.6 Å². The standard InChI is InChI=1S/C36H37ClINO3S/c1-3-42-39-25-34(30-13-10-12-28(21-30)11-8-6-4-5-7-9-20-38)36(40)35(26-39)31-22-29(18-19-37)23-33(24-31)43(41)32-16-14-27(2)15-17-32/h4-5,10,12-19,21-26H,3,6-9,11,20H2,1-2H3. The topological polar surface area (TPSA) is 54.3 Å². The van der Waals surface area contributed by atoms with Gasteiger partial charge >= 0.3 is 0 Å². The molecule has 4 nitrogen and oxygen atoms in total. The van der Waals surface area contributed by atoms with Crippen molar-refractivity contribution < 1.29 is 9.39 Å². The van der Waals surface area contributed by atoms with Gasteiger partial charge in [-0.25, -0.2) is 0 Å². The molecular weight excluding hydrogens is 689 g/mol. The van der Waals surface area contributed by atoms with E-state index in [4.69, 9.17) is 16.4 Å². The molecule has 224 valence electrons. The number of aryl methyl sites for hydroxylation is 2. The molecule has 0 aliphatic rings. The quantitative estimate of drug-likeness (QED) is 0.0428. The van der Waals surface area contributed by atoms with Crippen molar-refractivity contribution >= 4 is 51.4 Å². The van der Waals surface area contributed by atoms with Crippen molar-refractivity contribution in [2.75, 3.05) is 11.0 Å². The van der Waals surface area contributed by atoms with Gasteiger partial charge in [0.25, 0.3) is 0 Å². The Morgan fingerprint density at radius 2 is 1.65 bits per heavy atom. The molecule has 7 heteroatoms. The summed E-state index contributed by atoms with van der Waals surface area (Å²) in [5.74, 6) is 0. The van der Waals surface area contributed by atoms with Crippen molar-refractivity contribution in [3.8, 4) is 22.3 Å². The van der Waals surface area contributed by atoms with E-state index in [1.807, 2.05) is 68.4 Å². The van der Waals surface area contributed by atoms with Crippen LogP contribution in [0.15, 0.2) is 111 Å². The Balaban J connectivity index is 1.71. The van der Waals surface area contributed by atoms with Crippen LogP contribution in [0.2, 0.25) is 0 Å². The van der Waals surface area contributed by atoms with Gasteiger partial charge in [-0.3, -0.25) is 4.79 Å². The summed E-state index contributed by atoms with van der Waals surface area (Å²) in [4.78, 5) is 21.2. The van der Waals surface area contributed by atoms with Gasteiger partial charge in [0, 0.05) is 40.0 Å². The molecule has 4 aromatic rings. The Kier molecular flexibility index (Phi) is 13.0. The molecule has 0 aliphatic heterocycles. The van der Waals surface area contributed by atoms with Crippen molar-refractivity contribution in [1.29, 1.82) is 0 Å². The van der Waals surface area contributed by atoms with Gasteiger partial charge < -0.3 is 9.39 Å². The summed E-state index contributed by atoms with van der Waals surface area (Å²) in [7, 11) is 0. The first-order valence-corrected chi connectivity index (χ1v) is 17.6. The third-order valence-electron chi connectivity index (χ3n) is 6.97. The average Bonchev–Trinajstić information content (AvgIpc) is 3.01. The van der Waals surface area contributed by atoms with E-state index in [0.29, 0.717) is 33.1 Å². The van der Waals surface area contributed by atoms with Gasteiger partial charge in [0.2, 0.25) is 0 Å². The van der Waals surface area contributed by atoms with Crippen molar-refractivity contribution in [1.82, 2.24) is 4.73 Å². The molecule has 1 atom stereocenters. The van der Waals surface area contributed by atoms with E-state index in [1.54, 1.807) is 23.2 Å². The molecule has 0 saturated carbocycles. The maximum atomic E-state index is 14.1. The molecule has 0 N–H and O–H groups in total. The normalized spacial score (nSPS) is 12.3. The largest absolute Gasteiger partial charge is 0.606 e. The molecule has 0 saturated heterocycles. The summed E-state index contributed by atoms with van der Waals surface area (Å²) in [6.45, 7) is 4.34. The lowest BCUT2D eigenvalue weighted by atomic mass is 9.97. The molecule has 1 aromatic heterocycles. The van der Waals surface area contributed by atoms with E-state index < -0.39 is 11.2 Å². The van der Waals surface area contributed by atoms with E-state index in [0.717, 1.165) is 42.4 Å². The summed E-state index contributed by atoms with van der Waals surface area (Å²) in [5, 5.41) is 0. The van der Waals surface area contributed by atoms with Crippen LogP contribution in [0.1, 0.15) is 49.3 Å². The van der Waals surface area contributed by atoms with Gasteiger partial charge in [-0.2, -0.15) is 4.73 Å². The summed E-state index contributed by atoms with van der Waals surface area (Å²) >= 11 is 6.92. The maximum absolute atomic E-state index is 14.1. The SMILES string of the molecule is CCOn1cc(-c2cccc(CCCC=CCCCI)c2)c(=O)c(-c2cc(C=CCl)cc([S+]([O-])c3ccc(C)cc3)c2)c1. The predicted molar refractivity (Wildman–Crippen MR) is 190 cm³/mol. The average molecular weight is 726 g/mol. The highest BCUT2D eigenvalue weighted by molar-refractivity contribution is 14.1. The number of aromatic nitrogens is 1. The number of hydrogen-bond acceptors (Lipinski definition) is 3. The number of halogens is 2. The van der Waals surface area contributed by atoms with Crippen LogP contribution in [0, 0.1) is 6.92 Å². The molecule has 1 unspecified atom stereocenters. The van der Waals surface area contributed by atoms with Crippen LogP contribution in [0.4, 0.5) is 0 Å². The van der Waals surface area contributed by atoms with Crippen LogP contribution in [0.5, 0.6) is 0 Å². The van der Waals surface area contributed by atoms with E-state index in [2.05, 4.69) is 46.9 Å². The van der Waals surface area contributed by atoms with E-state index in [-0.39, 0.29) is 5.43 Å². The van der Waals surface area contributed by atoms with E-state index >= 15 is 0 Å². The van der Waals surface area contributed by atoms with Gasteiger partial charge in [-0.05, 0) is 96.9 Å². The van der Waals surface area contributed by atoms with Crippen LogP contribution in [0.25, 0.3) is 28.3 Å². The highest BCUT2D eigenvalue weighted by Crippen LogP contribution is 2.29. The monoisotopic (exact) mass is 725 g/mol. The van der Waals surface area contributed by atoms with Crippen LogP contribution in [-0.4, -0.2) is 20.3 Å². The molecule has 1 heterocycles. The highest BCUT2D eigenvalue weighted by Gasteiger charge is 2.19. The number of unbranched alkanes of at least 4 members (excludes halogenated alkanes) is 2. The second-order valence-electron chi connectivity index (χ2n) is 10.3. The van der Waals surface area contributed by atoms with Gasteiger partial charge in [0.1, 0.15) is 6.61 Å². The van der Waals surface area contributed by atoms with Gasteiger partial charge in [-0.15, -0.1) is 0 Å². The molecule has 43 heavy (non-hydrogen) atoms. The predicted octanol–water partition coefficient (Wildman–Crippen LogP) is 9.41. The van der Waals surface area contributed by atoms with Crippen LogP contribution in [0.3, 0.4) is 0 Å². The highest BCUT2D eigenvalue weighted by atomic mass is 127. The molecule has 3 aromatic carbocycles. The third kappa shape index (κ3) is 9.35. The Hall–Kier alpha value is -2.78. The Morgan fingerprint density at radius 3 is 2.35 bits per heavy atom. The molecule has 0 bridgehead atoms. The molecule has 0 spiro atoms. The Morgan fingerprint density at radius 1 is 0.930 bits per heavy atom. The maximum Gasteiger partial charge on any atom is 0.197 e. The van der Waals surface area contributed by atoms with E-state index in [9.17, 15) is 9.35 Å². The second kappa shape index (κ2) is 16.9. The van der Waals surface area contributed by atoms with E-state index in [1.165, 1.54) is 21.9 Å². The minimum absolute atomic E-state index is 0.120. The van der Waals surface area contributed by atoms with Crippen LogP contribution >= 0.6 is 34.2 Å². The molecule has 0 amide bonds. The molecule has 0 radical (unpaired) electrons. The Labute approximate surface area is 276 Å². The third-order valence-corrected chi connectivity index (χ3v) is 9.22. The number of rotatable bonds is 14. The number of pyridine rings is 1. The zero-order valence-corrected chi connectivity index (χ0v) is 28.3. The summed E-state index contributed by atoms with van der Waals surface area (Å²) in [6, 6.07) is 21.4. The lowest BCUT2D eigenvalue weighted by Crippen LogP contribution is -2.18. The number of hydrogen-bond donors (Lipinski definition) is 0. The Bertz CT molecular complexity index is 1610. The number of nitrogens with zero attached hydrogens (tertiary/aromatic N) is 1. The van der Waals surface area contributed by atoms with Crippen LogP contribution < -0.4 is 10.3 Å². The molecule has 0 fully saturated rings. The minimum Gasteiger partial charge on any atom is -0.606 e. The summed E-state index contributed by atoms with van der Waals surface area (Å²) < 4.78 is 16.4. The fraction of sp³-hybridized carbons (Fsp3) is 0.250. The summed E-state index contributed by atoms with van der Waals surface area (Å²) in [6.07, 6.45) is 15.1. The second-order valence-corrected chi connectivity index (χ2v) is 13.1. The van der Waals surface area contributed by atoms with Gasteiger partial charge in [0.15, 0.2) is 15.2 Å².